The van der Waals surface area contributed by atoms with Crippen molar-refractivity contribution in [2.45, 2.75) is 0 Å². The van der Waals surface area contributed by atoms with Crippen LogP contribution in [0.1, 0.15) is 0 Å². The molecule has 0 saturated heterocycles. The van der Waals surface area contributed by atoms with E-state index in [1.807, 2.05) is 0 Å². The second-order valence-electron chi connectivity index (χ2n) is 1.05. The zero-order valence-corrected chi connectivity index (χ0v) is 8.79. The number of ether oxygens (including phenoxy) is 2. The van der Waals surface area contributed by atoms with Gasteiger partial charge in [-0.2, -0.15) is 0 Å². The predicted molar refractivity (Wildman–Crippen MR) is 38.9 cm³/mol. The maximum absolute atomic E-state index is 9.37. The van der Waals surface area contributed by atoms with Crippen molar-refractivity contribution in [3.63, 3.8) is 0 Å². The molecule has 61 valence electrons. The number of primary amides is 2. The van der Waals surface area contributed by atoms with Crippen molar-refractivity contribution in [1.29, 1.82) is 0 Å². The smallest absolute Gasteiger partial charge is 0.404 e. The van der Waals surface area contributed by atoms with Gasteiger partial charge in [0.05, 0.1) is 14.2 Å². The minimum atomic E-state index is -0.745. The van der Waals surface area contributed by atoms with Crippen LogP contribution in [0.2, 0.25) is 0 Å². The third kappa shape index (κ3) is 43.3. The van der Waals surface area contributed by atoms with Crippen LogP contribution in [0.4, 0.5) is 9.59 Å². The van der Waals surface area contributed by atoms with Crippen LogP contribution in [0.25, 0.3) is 0 Å². The van der Waals surface area contributed by atoms with Crippen LogP contribution in [0.15, 0.2) is 0 Å². The Hall–Kier alpha value is -0.460. The van der Waals surface area contributed by atoms with Crippen LogP contribution < -0.4 is 11.5 Å². The monoisotopic (exact) mass is 173 g/mol. The number of amides is 2. The SMILES string of the molecule is COC(N)=O.COC(N)=O.[Na]. The first-order valence-electron chi connectivity index (χ1n) is 2.21. The van der Waals surface area contributed by atoms with Gasteiger partial charge in [-0.1, -0.05) is 0 Å². The first-order chi connectivity index (χ1) is 4.54. The molecule has 0 aliphatic carbocycles. The zero-order chi connectivity index (χ0) is 8.57. The Morgan fingerprint density at radius 1 is 1.00 bits per heavy atom. The molecule has 0 aliphatic heterocycles. The average molecular weight is 173 g/mol. The molecule has 6 nitrogen and oxygen atoms in total. The van der Waals surface area contributed by atoms with Crippen molar-refractivity contribution in [2.24, 2.45) is 11.5 Å². The van der Waals surface area contributed by atoms with Gasteiger partial charge in [0.25, 0.3) is 0 Å². The summed E-state index contributed by atoms with van der Waals surface area (Å²) < 4.78 is 7.78. The summed E-state index contributed by atoms with van der Waals surface area (Å²) in [5.41, 5.74) is 8.86. The summed E-state index contributed by atoms with van der Waals surface area (Å²) in [6.07, 6.45) is -1.49. The van der Waals surface area contributed by atoms with Gasteiger partial charge in [0, 0.05) is 29.6 Å². The van der Waals surface area contributed by atoms with Gasteiger partial charge in [0.1, 0.15) is 0 Å². The van der Waals surface area contributed by atoms with Gasteiger partial charge < -0.3 is 20.9 Å². The van der Waals surface area contributed by atoms with Gasteiger partial charge >= 0.3 is 12.2 Å². The van der Waals surface area contributed by atoms with E-state index in [1.165, 1.54) is 14.2 Å². The van der Waals surface area contributed by atoms with Gasteiger partial charge in [-0.05, 0) is 0 Å². The molecule has 0 heterocycles. The van der Waals surface area contributed by atoms with Crippen molar-refractivity contribution in [1.82, 2.24) is 0 Å². The molecule has 0 saturated carbocycles. The number of hydrogen-bond acceptors (Lipinski definition) is 4. The second kappa shape index (κ2) is 12.2. The molecule has 0 aliphatic rings. The molecular formula is C4H10N2NaO4. The van der Waals surface area contributed by atoms with Crippen LogP contribution in [0, 0.1) is 0 Å². The molecule has 0 unspecified atom stereocenters. The minimum Gasteiger partial charge on any atom is -0.453 e. The van der Waals surface area contributed by atoms with Gasteiger partial charge in [0.2, 0.25) is 0 Å². The first-order valence-corrected chi connectivity index (χ1v) is 2.21. The minimum absolute atomic E-state index is 0. The number of hydrogen-bond donors (Lipinski definition) is 2. The summed E-state index contributed by atoms with van der Waals surface area (Å²) in [5.74, 6) is 0. The topological polar surface area (TPSA) is 105 Å². The number of methoxy groups -OCH3 is 2. The quantitative estimate of drug-likeness (QED) is 0.460. The molecule has 0 fully saturated rings. The molecule has 0 rings (SSSR count). The van der Waals surface area contributed by atoms with Crippen molar-refractivity contribution in [3.05, 3.63) is 0 Å². The summed E-state index contributed by atoms with van der Waals surface area (Å²) in [5, 5.41) is 0. The zero-order valence-electron chi connectivity index (χ0n) is 6.79. The number of rotatable bonds is 0. The summed E-state index contributed by atoms with van der Waals surface area (Å²) >= 11 is 0. The fourth-order valence-corrected chi connectivity index (χ4v) is 0. The molecule has 2 amide bonds. The molecule has 0 atom stereocenters. The summed E-state index contributed by atoms with van der Waals surface area (Å²) in [7, 11) is 2.45. The van der Waals surface area contributed by atoms with E-state index in [2.05, 4.69) is 20.9 Å². The summed E-state index contributed by atoms with van der Waals surface area (Å²) in [6, 6.07) is 0. The molecule has 4 N–H and O–H groups in total. The van der Waals surface area contributed by atoms with Gasteiger partial charge in [-0.25, -0.2) is 9.59 Å². The fourth-order valence-electron chi connectivity index (χ4n) is 0. The van der Waals surface area contributed by atoms with Crippen molar-refractivity contribution < 1.29 is 19.1 Å². The predicted octanol–water partition coefficient (Wildman–Crippen LogP) is -0.958. The Bertz CT molecular complexity index is 105. The van der Waals surface area contributed by atoms with Crippen LogP contribution in [-0.2, 0) is 9.47 Å². The van der Waals surface area contributed by atoms with Crippen molar-refractivity contribution >= 4 is 41.7 Å². The van der Waals surface area contributed by atoms with E-state index < -0.39 is 12.2 Å². The third-order valence-corrected chi connectivity index (χ3v) is 0.402. The first kappa shape index (κ1) is 16.9. The maximum Gasteiger partial charge on any atom is 0.404 e. The van der Waals surface area contributed by atoms with E-state index in [4.69, 9.17) is 0 Å². The van der Waals surface area contributed by atoms with Gasteiger partial charge in [-0.3, -0.25) is 0 Å². The molecule has 0 aromatic carbocycles. The third-order valence-electron chi connectivity index (χ3n) is 0.402. The molecule has 0 aromatic heterocycles. The van der Waals surface area contributed by atoms with Crippen LogP contribution in [0.3, 0.4) is 0 Å². The van der Waals surface area contributed by atoms with E-state index in [9.17, 15) is 9.59 Å². The Morgan fingerprint density at radius 2 is 1.09 bits per heavy atom. The van der Waals surface area contributed by atoms with E-state index in [1.54, 1.807) is 0 Å². The Morgan fingerprint density at radius 3 is 1.09 bits per heavy atom. The fraction of sp³-hybridized carbons (Fsp3) is 0.500. The second-order valence-corrected chi connectivity index (χ2v) is 1.05. The molecule has 1 radical (unpaired) electrons. The van der Waals surface area contributed by atoms with Crippen molar-refractivity contribution in [3.8, 4) is 0 Å². The average Bonchev–Trinajstić information content (AvgIpc) is 1.89. The number of carbonyl (C=O) groups is 2. The Labute approximate surface area is 86.5 Å². The molecule has 0 aromatic rings. The molecule has 0 bridgehead atoms. The van der Waals surface area contributed by atoms with Crippen LogP contribution in [-0.4, -0.2) is 56.0 Å². The maximum atomic E-state index is 9.37. The molecule has 11 heavy (non-hydrogen) atoms. The normalized spacial score (nSPS) is 6.00. The van der Waals surface area contributed by atoms with E-state index in [0.717, 1.165) is 0 Å². The van der Waals surface area contributed by atoms with E-state index in [0.29, 0.717) is 0 Å². The van der Waals surface area contributed by atoms with Gasteiger partial charge in [0.15, 0.2) is 0 Å². The molecule has 0 spiro atoms. The van der Waals surface area contributed by atoms with E-state index in [-0.39, 0.29) is 29.6 Å². The summed E-state index contributed by atoms with van der Waals surface area (Å²) in [6.45, 7) is 0. The Balaban J connectivity index is -0.000000107. The largest absolute Gasteiger partial charge is 0.453 e. The number of nitrogens with two attached hydrogens (primary N) is 2. The standard InChI is InChI=1S/2C2H5NO2.Na/c2*1-5-2(3)4;/h2*1H3,(H2,3,4);. The summed E-state index contributed by atoms with van der Waals surface area (Å²) in [4.78, 5) is 18.7. The van der Waals surface area contributed by atoms with Crippen molar-refractivity contribution in [2.75, 3.05) is 14.2 Å². The van der Waals surface area contributed by atoms with E-state index >= 15 is 0 Å². The number of carbonyl (C=O) groups excluding carboxylic acids is 2. The molecular weight excluding hydrogens is 163 g/mol. The Kier molecular flexibility index (Phi) is 18.8. The van der Waals surface area contributed by atoms with Gasteiger partial charge in [-0.15, -0.1) is 0 Å². The molecule has 7 heteroatoms. The van der Waals surface area contributed by atoms with Crippen LogP contribution >= 0.6 is 0 Å². The van der Waals surface area contributed by atoms with Crippen LogP contribution in [0.5, 0.6) is 0 Å².